The summed E-state index contributed by atoms with van der Waals surface area (Å²) in [5, 5.41) is 11.6. The van der Waals surface area contributed by atoms with E-state index in [1.165, 1.54) is 0 Å². The molecule has 1 aromatic carbocycles. The molecule has 0 spiro atoms. The molecule has 0 aliphatic rings. The van der Waals surface area contributed by atoms with Gasteiger partial charge in [-0.2, -0.15) is 5.26 Å². The van der Waals surface area contributed by atoms with Crippen molar-refractivity contribution in [3.05, 3.63) is 53.9 Å². The molecule has 1 heterocycles. The summed E-state index contributed by atoms with van der Waals surface area (Å²) < 4.78 is 5.34. The molecule has 0 saturated carbocycles. The van der Waals surface area contributed by atoms with Crippen molar-refractivity contribution in [3.63, 3.8) is 0 Å². The van der Waals surface area contributed by atoms with Crippen molar-refractivity contribution in [2.75, 3.05) is 11.9 Å². The van der Waals surface area contributed by atoms with Gasteiger partial charge >= 0.3 is 0 Å². The largest absolute Gasteiger partial charge is 0.482 e. The Labute approximate surface area is 116 Å². The summed E-state index contributed by atoms with van der Waals surface area (Å²) in [6.07, 6.45) is 3.27. The first-order valence-corrected chi connectivity index (χ1v) is 6.02. The molecule has 0 atom stereocenters. The van der Waals surface area contributed by atoms with E-state index in [2.05, 4.69) is 10.3 Å². The van der Waals surface area contributed by atoms with Gasteiger partial charge in [0.1, 0.15) is 11.8 Å². The number of carbonyl (C=O) groups is 1. The highest BCUT2D eigenvalue weighted by atomic mass is 16.5. The first kappa shape index (κ1) is 13.6. The van der Waals surface area contributed by atoms with E-state index in [0.717, 1.165) is 5.56 Å². The molecule has 0 radical (unpaired) electrons. The highest BCUT2D eigenvalue weighted by Crippen LogP contribution is 2.16. The minimum Gasteiger partial charge on any atom is -0.482 e. The fraction of sp³-hybridized carbons (Fsp3) is 0.133. The monoisotopic (exact) mass is 267 g/mol. The molecule has 0 unspecified atom stereocenters. The van der Waals surface area contributed by atoms with E-state index in [9.17, 15) is 4.79 Å². The number of rotatable bonds is 4. The number of benzene rings is 1. The van der Waals surface area contributed by atoms with E-state index < -0.39 is 0 Å². The summed E-state index contributed by atoms with van der Waals surface area (Å²) >= 11 is 0. The van der Waals surface area contributed by atoms with Crippen molar-refractivity contribution in [1.29, 1.82) is 5.26 Å². The van der Waals surface area contributed by atoms with E-state index in [-0.39, 0.29) is 12.5 Å². The molecule has 0 aliphatic heterocycles. The zero-order chi connectivity index (χ0) is 14.4. The molecule has 0 bridgehead atoms. The van der Waals surface area contributed by atoms with Crippen LogP contribution in [-0.2, 0) is 4.79 Å². The second-order valence-corrected chi connectivity index (χ2v) is 4.20. The van der Waals surface area contributed by atoms with Crippen LogP contribution >= 0.6 is 0 Å². The predicted octanol–water partition coefficient (Wildman–Crippen LogP) is 2.28. The Hall–Kier alpha value is -2.87. The molecule has 0 fully saturated rings. The van der Waals surface area contributed by atoms with Crippen LogP contribution in [0.5, 0.6) is 5.75 Å². The maximum Gasteiger partial charge on any atom is 0.262 e. The number of nitrogens with one attached hydrogen (secondary N) is 1. The lowest BCUT2D eigenvalue weighted by Gasteiger charge is -2.08. The van der Waals surface area contributed by atoms with E-state index in [1.54, 1.807) is 36.7 Å². The number of amides is 1. The fourth-order valence-electron chi connectivity index (χ4n) is 1.65. The highest BCUT2D eigenvalue weighted by Gasteiger charge is 2.06. The Kier molecular flexibility index (Phi) is 4.30. The minimum atomic E-state index is -0.301. The molecule has 100 valence electrons. The number of nitrogens with zero attached hydrogens (tertiary/aromatic N) is 2. The first-order chi connectivity index (χ1) is 9.69. The summed E-state index contributed by atoms with van der Waals surface area (Å²) in [5.74, 6) is 0.0951. The maximum absolute atomic E-state index is 11.7. The molecule has 5 nitrogen and oxygen atoms in total. The lowest BCUT2D eigenvalue weighted by Crippen LogP contribution is -2.20. The van der Waals surface area contributed by atoms with Crippen LogP contribution in [0.1, 0.15) is 11.1 Å². The van der Waals surface area contributed by atoms with Crippen molar-refractivity contribution in [2.45, 2.75) is 6.92 Å². The van der Waals surface area contributed by atoms with E-state index in [0.29, 0.717) is 17.0 Å². The zero-order valence-corrected chi connectivity index (χ0v) is 11.0. The lowest BCUT2D eigenvalue weighted by molar-refractivity contribution is -0.118. The van der Waals surface area contributed by atoms with Crippen LogP contribution < -0.4 is 10.1 Å². The van der Waals surface area contributed by atoms with Crippen LogP contribution in [-0.4, -0.2) is 17.5 Å². The number of carbonyl (C=O) groups excluding carboxylic acids is 1. The number of ether oxygens (including phenoxy) is 1. The zero-order valence-electron chi connectivity index (χ0n) is 11.0. The van der Waals surface area contributed by atoms with Crippen molar-refractivity contribution in [2.24, 2.45) is 0 Å². The third-order valence-corrected chi connectivity index (χ3v) is 2.52. The Bertz CT molecular complexity index is 662. The van der Waals surface area contributed by atoms with Gasteiger partial charge in [-0.15, -0.1) is 0 Å². The van der Waals surface area contributed by atoms with Crippen LogP contribution in [0.25, 0.3) is 0 Å². The Balaban J connectivity index is 1.94. The molecule has 1 N–H and O–H groups in total. The van der Waals surface area contributed by atoms with Gasteiger partial charge in [0.2, 0.25) is 0 Å². The number of aromatic nitrogens is 1. The van der Waals surface area contributed by atoms with Crippen molar-refractivity contribution >= 4 is 11.6 Å². The van der Waals surface area contributed by atoms with Gasteiger partial charge < -0.3 is 10.1 Å². The molecule has 5 heteroatoms. The number of pyridine rings is 1. The average Bonchev–Trinajstić information content (AvgIpc) is 2.45. The van der Waals surface area contributed by atoms with Crippen LogP contribution in [0.2, 0.25) is 0 Å². The van der Waals surface area contributed by atoms with Gasteiger partial charge in [0.25, 0.3) is 5.91 Å². The molecule has 1 amide bonds. The normalized spacial score (nSPS) is 9.60. The quantitative estimate of drug-likeness (QED) is 0.922. The Morgan fingerprint density at radius 2 is 2.20 bits per heavy atom. The van der Waals surface area contributed by atoms with E-state index >= 15 is 0 Å². The van der Waals surface area contributed by atoms with Gasteiger partial charge in [0.05, 0.1) is 17.4 Å². The highest BCUT2D eigenvalue weighted by molar-refractivity contribution is 5.91. The summed E-state index contributed by atoms with van der Waals surface area (Å²) in [7, 11) is 0. The smallest absolute Gasteiger partial charge is 0.262 e. The maximum atomic E-state index is 11.7. The van der Waals surface area contributed by atoms with E-state index in [1.807, 2.05) is 19.1 Å². The molecule has 20 heavy (non-hydrogen) atoms. The van der Waals surface area contributed by atoms with E-state index in [4.69, 9.17) is 10.00 Å². The predicted molar refractivity (Wildman–Crippen MR) is 74.3 cm³/mol. The number of hydrogen-bond acceptors (Lipinski definition) is 4. The number of aryl methyl sites for hydroxylation is 1. The second-order valence-electron chi connectivity index (χ2n) is 4.20. The average molecular weight is 267 g/mol. The SMILES string of the molecule is Cc1cncc(NC(=O)COc2ccccc2C#N)c1. The first-order valence-electron chi connectivity index (χ1n) is 6.02. The van der Waals surface area contributed by atoms with Crippen LogP contribution in [0.3, 0.4) is 0 Å². The molecule has 0 aliphatic carbocycles. The molecular formula is C15H13N3O2. The van der Waals surface area contributed by atoms with Gasteiger partial charge in [0.15, 0.2) is 6.61 Å². The number of nitriles is 1. The Morgan fingerprint density at radius 3 is 2.95 bits per heavy atom. The topological polar surface area (TPSA) is 75.0 Å². The Morgan fingerprint density at radius 1 is 1.40 bits per heavy atom. The number of para-hydroxylation sites is 1. The summed E-state index contributed by atoms with van der Waals surface area (Å²) in [4.78, 5) is 15.7. The second kappa shape index (κ2) is 6.34. The fourth-order valence-corrected chi connectivity index (χ4v) is 1.65. The summed E-state index contributed by atoms with van der Waals surface area (Å²) in [6.45, 7) is 1.73. The molecular weight excluding hydrogens is 254 g/mol. The minimum absolute atomic E-state index is 0.160. The lowest BCUT2D eigenvalue weighted by atomic mass is 10.2. The van der Waals surface area contributed by atoms with Gasteiger partial charge in [-0.05, 0) is 30.7 Å². The van der Waals surface area contributed by atoms with Gasteiger partial charge in [-0.25, -0.2) is 0 Å². The van der Waals surface area contributed by atoms with Crippen LogP contribution in [0, 0.1) is 18.3 Å². The molecule has 2 rings (SSSR count). The van der Waals surface area contributed by atoms with Crippen LogP contribution in [0.4, 0.5) is 5.69 Å². The third kappa shape index (κ3) is 3.56. The van der Waals surface area contributed by atoms with Crippen molar-refractivity contribution in [3.8, 4) is 11.8 Å². The third-order valence-electron chi connectivity index (χ3n) is 2.52. The number of anilines is 1. The van der Waals surface area contributed by atoms with Gasteiger partial charge in [0, 0.05) is 6.20 Å². The van der Waals surface area contributed by atoms with Crippen molar-refractivity contribution in [1.82, 2.24) is 4.98 Å². The molecule has 2 aromatic rings. The molecule has 0 saturated heterocycles. The molecule has 1 aromatic heterocycles. The van der Waals surface area contributed by atoms with Crippen LogP contribution in [0.15, 0.2) is 42.7 Å². The van der Waals surface area contributed by atoms with Gasteiger partial charge in [-0.1, -0.05) is 12.1 Å². The number of hydrogen-bond donors (Lipinski definition) is 1. The summed E-state index contributed by atoms with van der Waals surface area (Å²) in [5.41, 5.74) is 1.98. The summed E-state index contributed by atoms with van der Waals surface area (Å²) in [6, 6.07) is 10.6. The van der Waals surface area contributed by atoms with Crippen molar-refractivity contribution < 1.29 is 9.53 Å². The standard InChI is InChI=1S/C15H13N3O2/c1-11-6-13(9-17-8-11)18-15(19)10-20-14-5-3-2-4-12(14)7-16/h2-6,8-9H,10H2,1H3,(H,18,19). The van der Waals surface area contributed by atoms with Gasteiger partial charge in [-0.3, -0.25) is 9.78 Å².